The second-order valence-corrected chi connectivity index (χ2v) is 14.7. The molecular weight excluding hydrogens is 652 g/mol. The number of pyridine rings is 1. The van der Waals surface area contributed by atoms with E-state index in [2.05, 4.69) is 68.8 Å². The lowest BCUT2D eigenvalue weighted by atomic mass is 9.94. The summed E-state index contributed by atoms with van der Waals surface area (Å²) in [6.07, 6.45) is 5.43. The Bertz CT molecular complexity index is 1800. The molecule has 0 radical (unpaired) electrons. The van der Waals surface area contributed by atoms with E-state index in [0.29, 0.717) is 30.3 Å². The van der Waals surface area contributed by atoms with Gasteiger partial charge in [-0.05, 0) is 125 Å². The van der Waals surface area contributed by atoms with Crippen molar-refractivity contribution < 1.29 is 14.3 Å². The van der Waals surface area contributed by atoms with Gasteiger partial charge in [0.15, 0.2) is 0 Å². The van der Waals surface area contributed by atoms with Crippen molar-refractivity contribution in [3.8, 4) is 11.1 Å². The number of aryl methyl sites for hydroxylation is 2. The monoisotopic (exact) mass is 708 g/mol. The van der Waals surface area contributed by atoms with Crippen molar-refractivity contribution >= 4 is 17.5 Å². The highest BCUT2D eigenvalue weighted by Gasteiger charge is 2.29. The number of aromatic amines is 1. The Hall–Kier alpha value is -4.25. The number of H-pyrrole nitrogens is 1. The maximum atomic E-state index is 14.1. The molecule has 1 aromatic heterocycles. The molecule has 0 aliphatic carbocycles. The lowest BCUT2D eigenvalue weighted by molar-refractivity contribution is -0.127. The highest BCUT2D eigenvalue weighted by Crippen LogP contribution is 2.35. The van der Waals surface area contributed by atoms with Crippen LogP contribution in [0.2, 0.25) is 0 Å². The molecule has 278 valence electrons. The summed E-state index contributed by atoms with van der Waals surface area (Å²) in [5, 5.41) is 3.07. The van der Waals surface area contributed by atoms with E-state index in [0.717, 1.165) is 99.0 Å². The second kappa shape index (κ2) is 17.1. The third kappa shape index (κ3) is 8.68. The Morgan fingerprint density at radius 3 is 2.37 bits per heavy atom. The molecule has 4 heterocycles. The van der Waals surface area contributed by atoms with Crippen LogP contribution in [-0.2, 0) is 22.6 Å². The molecule has 0 bridgehead atoms. The molecule has 2 amide bonds. The Morgan fingerprint density at radius 1 is 0.962 bits per heavy atom. The molecule has 3 aliphatic heterocycles. The van der Waals surface area contributed by atoms with Gasteiger partial charge in [-0.1, -0.05) is 24.8 Å². The summed E-state index contributed by atoms with van der Waals surface area (Å²) in [4.78, 5) is 51.5. The SMILES string of the molecule is C=CC(=O)N1CCC(N(CC)c2cc(-c3cccc(CN4CCC(N5CCOCC5)CC4)c3)cc(C(=O)NCc3c(C)cc(C)[nH]c3=O)c2C)CC1. The zero-order valence-electron chi connectivity index (χ0n) is 31.5. The van der Waals surface area contributed by atoms with Gasteiger partial charge in [-0.3, -0.25) is 24.2 Å². The van der Waals surface area contributed by atoms with Crippen molar-refractivity contribution in [1.29, 1.82) is 0 Å². The number of hydrogen-bond acceptors (Lipinski definition) is 7. The first-order valence-corrected chi connectivity index (χ1v) is 19.1. The van der Waals surface area contributed by atoms with Gasteiger partial charge in [-0.15, -0.1) is 0 Å². The molecule has 10 heteroatoms. The van der Waals surface area contributed by atoms with E-state index in [1.165, 1.54) is 24.5 Å². The summed E-state index contributed by atoms with van der Waals surface area (Å²) in [7, 11) is 0. The van der Waals surface area contributed by atoms with E-state index in [9.17, 15) is 14.4 Å². The molecule has 3 aliphatic rings. The zero-order chi connectivity index (χ0) is 36.8. The Kier molecular flexibility index (Phi) is 12.3. The number of carbonyl (C=O) groups excluding carboxylic acids is 2. The van der Waals surface area contributed by atoms with Crippen LogP contribution >= 0.6 is 0 Å². The topological polar surface area (TPSA) is 101 Å². The van der Waals surface area contributed by atoms with Gasteiger partial charge in [-0.2, -0.15) is 0 Å². The van der Waals surface area contributed by atoms with E-state index in [-0.39, 0.29) is 30.0 Å². The van der Waals surface area contributed by atoms with Crippen LogP contribution in [0.25, 0.3) is 11.1 Å². The predicted octanol–water partition coefficient (Wildman–Crippen LogP) is 5.20. The van der Waals surface area contributed by atoms with Gasteiger partial charge in [0.2, 0.25) is 5.91 Å². The average molecular weight is 709 g/mol. The molecule has 52 heavy (non-hydrogen) atoms. The maximum absolute atomic E-state index is 14.1. The second-order valence-electron chi connectivity index (χ2n) is 14.7. The molecule has 0 unspecified atom stereocenters. The van der Waals surface area contributed by atoms with Crippen molar-refractivity contribution in [1.82, 2.24) is 25.0 Å². The molecule has 3 aromatic rings. The smallest absolute Gasteiger partial charge is 0.253 e. The van der Waals surface area contributed by atoms with Crippen molar-refractivity contribution in [3.63, 3.8) is 0 Å². The number of carbonyl (C=O) groups is 2. The van der Waals surface area contributed by atoms with Gasteiger partial charge in [0, 0.05) is 80.4 Å². The van der Waals surface area contributed by atoms with Crippen LogP contribution in [0, 0.1) is 20.8 Å². The molecule has 2 aromatic carbocycles. The lowest BCUT2D eigenvalue weighted by Crippen LogP contribution is -2.48. The molecule has 10 nitrogen and oxygen atoms in total. The Morgan fingerprint density at radius 2 is 1.69 bits per heavy atom. The van der Waals surface area contributed by atoms with Crippen molar-refractivity contribution in [2.24, 2.45) is 0 Å². The third-order valence-electron chi connectivity index (χ3n) is 11.4. The number of anilines is 1. The minimum atomic E-state index is -0.207. The number of ether oxygens (including phenoxy) is 1. The van der Waals surface area contributed by atoms with Crippen LogP contribution in [0.5, 0.6) is 0 Å². The number of amides is 2. The number of morpholine rings is 1. The van der Waals surface area contributed by atoms with Crippen LogP contribution in [0.3, 0.4) is 0 Å². The van der Waals surface area contributed by atoms with E-state index >= 15 is 0 Å². The maximum Gasteiger partial charge on any atom is 0.253 e. The summed E-state index contributed by atoms with van der Waals surface area (Å²) in [6, 6.07) is 15.8. The Balaban J connectivity index is 1.26. The molecular formula is C42H56N6O4. The molecule has 3 saturated heterocycles. The van der Waals surface area contributed by atoms with E-state index in [1.807, 2.05) is 37.8 Å². The number of nitrogens with zero attached hydrogens (tertiary/aromatic N) is 4. The largest absolute Gasteiger partial charge is 0.379 e. The minimum absolute atomic E-state index is 0.0253. The summed E-state index contributed by atoms with van der Waals surface area (Å²) >= 11 is 0. The molecule has 3 fully saturated rings. The summed E-state index contributed by atoms with van der Waals surface area (Å²) in [5.74, 6) is -0.232. The normalized spacial score (nSPS) is 18.0. The molecule has 0 atom stereocenters. The highest BCUT2D eigenvalue weighted by atomic mass is 16.5. The fourth-order valence-electron chi connectivity index (χ4n) is 8.41. The minimum Gasteiger partial charge on any atom is -0.379 e. The van der Waals surface area contributed by atoms with Gasteiger partial charge in [-0.25, -0.2) is 0 Å². The number of benzene rings is 2. The first-order chi connectivity index (χ1) is 25.1. The number of hydrogen-bond donors (Lipinski definition) is 2. The average Bonchev–Trinajstić information content (AvgIpc) is 3.16. The van der Waals surface area contributed by atoms with Gasteiger partial charge in [0.05, 0.1) is 13.2 Å². The van der Waals surface area contributed by atoms with Crippen LogP contribution in [0.15, 0.2) is 59.9 Å². The van der Waals surface area contributed by atoms with E-state index < -0.39 is 0 Å². The van der Waals surface area contributed by atoms with E-state index in [4.69, 9.17) is 4.74 Å². The van der Waals surface area contributed by atoms with Crippen LogP contribution in [0.1, 0.15) is 70.9 Å². The first kappa shape index (κ1) is 37.5. The standard InChI is InChI=1S/C42H56N6O4/c1-6-40(49)47-17-13-36(14-18-47)48(7-2)39-26-34(25-37(31(39)5)41(50)43-27-38-29(3)23-30(4)44-42(38)51)33-10-8-9-32(24-33)28-45-15-11-35(12-16-45)46-19-21-52-22-20-46/h6,8-10,23-26,35-36H,1,7,11-22,27-28H2,2-5H3,(H,43,50)(H,44,51). The number of likely N-dealkylation sites (tertiary alicyclic amines) is 2. The summed E-state index contributed by atoms with van der Waals surface area (Å²) in [6.45, 7) is 20.7. The van der Waals surface area contributed by atoms with Gasteiger partial charge in [0.25, 0.3) is 11.5 Å². The van der Waals surface area contributed by atoms with Crippen molar-refractivity contribution in [3.05, 3.63) is 99.0 Å². The van der Waals surface area contributed by atoms with Gasteiger partial charge >= 0.3 is 0 Å². The number of rotatable bonds is 11. The quantitative estimate of drug-likeness (QED) is 0.265. The van der Waals surface area contributed by atoms with Crippen LogP contribution in [-0.4, -0.2) is 103 Å². The third-order valence-corrected chi connectivity index (χ3v) is 11.4. The number of piperidine rings is 2. The molecule has 0 spiro atoms. The van der Waals surface area contributed by atoms with Gasteiger partial charge in [0.1, 0.15) is 0 Å². The van der Waals surface area contributed by atoms with Gasteiger partial charge < -0.3 is 24.8 Å². The van der Waals surface area contributed by atoms with Crippen molar-refractivity contribution in [2.45, 2.75) is 78.6 Å². The number of aromatic nitrogens is 1. The van der Waals surface area contributed by atoms with Crippen molar-refractivity contribution in [2.75, 3.05) is 63.9 Å². The Labute approximate surface area is 308 Å². The fraction of sp³-hybridized carbons (Fsp3) is 0.500. The number of nitrogens with one attached hydrogen (secondary N) is 2. The molecule has 0 saturated carbocycles. The summed E-state index contributed by atoms with van der Waals surface area (Å²) < 4.78 is 5.58. The summed E-state index contributed by atoms with van der Waals surface area (Å²) in [5.41, 5.74) is 7.89. The van der Waals surface area contributed by atoms with Crippen LogP contribution < -0.4 is 15.8 Å². The highest BCUT2D eigenvalue weighted by molar-refractivity contribution is 5.99. The fourth-order valence-corrected chi connectivity index (χ4v) is 8.41. The zero-order valence-corrected chi connectivity index (χ0v) is 31.5. The molecule has 2 N–H and O–H groups in total. The van der Waals surface area contributed by atoms with Crippen LogP contribution in [0.4, 0.5) is 5.69 Å². The predicted molar refractivity (Wildman–Crippen MR) is 208 cm³/mol. The first-order valence-electron chi connectivity index (χ1n) is 19.1. The molecule has 6 rings (SSSR count). The van der Waals surface area contributed by atoms with E-state index in [1.54, 1.807) is 0 Å². The lowest BCUT2D eigenvalue weighted by Gasteiger charge is -2.40.